The maximum Gasteiger partial charge on any atom is 0.235 e. The fourth-order valence-electron chi connectivity index (χ4n) is 2.76. The molecule has 0 aliphatic carbocycles. The summed E-state index contributed by atoms with van der Waals surface area (Å²) >= 11 is 1.63. The fraction of sp³-hybridized carbons (Fsp3) is 0.571. The first-order valence-electron chi connectivity index (χ1n) is 7.45. The summed E-state index contributed by atoms with van der Waals surface area (Å²) in [6, 6.07) is 0. The summed E-state index contributed by atoms with van der Waals surface area (Å²) in [7, 11) is 0. The third kappa shape index (κ3) is 2.75. The van der Waals surface area contributed by atoms with Gasteiger partial charge in [0, 0.05) is 26.2 Å². The lowest BCUT2D eigenvalue weighted by Crippen LogP contribution is -2.51. The summed E-state index contributed by atoms with van der Waals surface area (Å²) < 4.78 is 1.79. The highest BCUT2D eigenvalue weighted by atomic mass is 32.2. The average Bonchev–Trinajstić information content (AvgIpc) is 3.04. The van der Waals surface area contributed by atoms with Crippen molar-refractivity contribution in [1.82, 2.24) is 24.5 Å². The third-order valence-corrected chi connectivity index (χ3v) is 5.12. The van der Waals surface area contributed by atoms with E-state index in [-0.39, 0.29) is 11.2 Å². The number of aromatic nitrogens is 4. The Bertz CT molecular complexity index is 648. The Morgan fingerprint density at radius 1 is 1.32 bits per heavy atom. The molecule has 0 spiro atoms. The molecule has 1 aliphatic heterocycles. The maximum absolute atomic E-state index is 12.4. The van der Waals surface area contributed by atoms with Gasteiger partial charge in [0.25, 0.3) is 0 Å². The number of carbonyl (C=O) groups is 1. The monoisotopic (exact) mass is 320 g/mol. The molecule has 1 atom stereocenters. The van der Waals surface area contributed by atoms with E-state index >= 15 is 0 Å². The second-order valence-corrected chi connectivity index (χ2v) is 6.28. The summed E-state index contributed by atoms with van der Waals surface area (Å²) in [5.41, 5.74) is 0.740. The Morgan fingerprint density at radius 2 is 2.09 bits per heavy atom. The zero-order valence-corrected chi connectivity index (χ0v) is 13.7. The minimum atomic E-state index is 0.0759. The Kier molecular flexibility index (Phi) is 4.47. The molecule has 0 aromatic carbocycles. The van der Waals surface area contributed by atoms with Crippen LogP contribution in [0, 0.1) is 0 Å². The van der Waals surface area contributed by atoms with Gasteiger partial charge in [0.2, 0.25) is 5.91 Å². The summed E-state index contributed by atoms with van der Waals surface area (Å²) in [5.74, 6) is 1.19. The number of anilines is 1. The molecule has 2 aromatic heterocycles. The van der Waals surface area contributed by atoms with Crippen LogP contribution < -0.4 is 4.90 Å². The van der Waals surface area contributed by atoms with E-state index in [1.54, 1.807) is 28.7 Å². The van der Waals surface area contributed by atoms with E-state index in [4.69, 9.17) is 0 Å². The van der Waals surface area contributed by atoms with E-state index in [0.29, 0.717) is 0 Å². The van der Waals surface area contributed by atoms with Gasteiger partial charge in [-0.3, -0.25) is 9.78 Å². The van der Waals surface area contributed by atoms with Crippen LogP contribution in [0.25, 0.3) is 5.65 Å². The minimum Gasteiger partial charge on any atom is -0.352 e. The van der Waals surface area contributed by atoms with Crippen LogP contribution in [0.3, 0.4) is 0 Å². The predicted octanol–water partition coefficient (Wildman–Crippen LogP) is 0.915. The van der Waals surface area contributed by atoms with Crippen molar-refractivity contribution in [3.05, 3.63) is 18.7 Å². The molecule has 8 heteroatoms. The quantitative estimate of drug-likeness (QED) is 0.834. The molecule has 22 heavy (non-hydrogen) atoms. The average molecular weight is 320 g/mol. The molecule has 0 unspecified atom stereocenters. The normalized spacial score (nSPS) is 17.0. The maximum atomic E-state index is 12.4. The molecule has 1 aliphatic rings. The Labute approximate surface area is 133 Å². The van der Waals surface area contributed by atoms with Crippen molar-refractivity contribution in [2.24, 2.45) is 0 Å². The number of carbonyl (C=O) groups excluding carboxylic acids is 1. The molecule has 0 saturated carbocycles. The van der Waals surface area contributed by atoms with Crippen LogP contribution in [0.2, 0.25) is 0 Å². The number of nitrogens with zero attached hydrogens (tertiary/aromatic N) is 6. The van der Waals surface area contributed by atoms with Crippen LogP contribution >= 0.6 is 11.8 Å². The van der Waals surface area contributed by atoms with Gasteiger partial charge in [0.05, 0.1) is 17.6 Å². The largest absolute Gasteiger partial charge is 0.352 e. The van der Waals surface area contributed by atoms with Crippen LogP contribution in [0.15, 0.2) is 18.7 Å². The number of rotatable bonds is 4. The van der Waals surface area contributed by atoms with Gasteiger partial charge < -0.3 is 9.80 Å². The lowest BCUT2D eigenvalue weighted by Gasteiger charge is -2.36. The molecule has 1 saturated heterocycles. The molecule has 1 fully saturated rings. The first-order valence-corrected chi connectivity index (χ1v) is 8.73. The van der Waals surface area contributed by atoms with E-state index in [0.717, 1.165) is 44.1 Å². The van der Waals surface area contributed by atoms with Gasteiger partial charge in [-0.25, -0.2) is 4.98 Å². The van der Waals surface area contributed by atoms with Crippen LogP contribution in [0.5, 0.6) is 0 Å². The summed E-state index contributed by atoms with van der Waals surface area (Å²) in [6.07, 6.45) is 7.91. The molecule has 7 nitrogen and oxygen atoms in total. The van der Waals surface area contributed by atoms with Crippen molar-refractivity contribution in [2.45, 2.75) is 18.6 Å². The van der Waals surface area contributed by atoms with E-state index in [1.807, 2.05) is 11.2 Å². The molecular weight excluding hydrogens is 300 g/mol. The second-order valence-electron chi connectivity index (χ2n) is 5.24. The number of fused-ring (bicyclic) bond motifs is 1. The summed E-state index contributed by atoms with van der Waals surface area (Å²) in [5, 5.41) is 4.32. The molecule has 3 rings (SSSR count). The molecule has 3 heterocycles. The molecule has 0 N–H and O–H groups in total. The smallest absolute Gasteiger partial charge is 0.235 e. The highest BCUT2D eigenvalue weighted by Crippen LogP contribution is 2.19. The SMILES string of the molecule is CC[C@@H](SC)C(=O)N1CCN(c2cncc3ncnn23)CC1. The lowest BCUT2D eigenvalue weighted by molar-refractivity contribution is -0.130. The lowest BCUT2D eigenvalue weighted by atomic mass is 10.2. The Hall–Kier alpha value is -1.83. The number of amides is 1. The molecule has 0 bridgehead atoms. The Morgan fingerprint density at radius 3 is 2.77 bits per heavy atom. The van der Waals surface area contributed by atoms with Gasteiger partial charge in [-0.05, 0) is 12.7 Å². The van der Waals surface area contributed by atoms with Crippen molar-refractivity contribution in [3.8, 4) is 0 Å². The molecule has 0 radical (unpaired) electrons. The van der Waals surface area contributed by atoms with Crippen LogP contribution in [0.4, 0.5) is 5.82 Å². The zero-order chi connectivity index (χ0) is 15.5. The van der Waals surface area contributed by atoms with Crippen LogP contribution in [-0.2, 0) is 4.79 Å². The van der Waals surface area contributed by atoms with Crippen molar-refractivity contribution in [2.75, 3.05) is 37.3 Å². The van der Waals surface area contributed by atoms with E-state index < -0.39 is 0 Å². The summed E-state index contributed by atoms with van der Waals surface area (Å²) in [4.78, 5) is 25.0. The van der Waals surface area contributed by atoms with Gasteiger partial charge in [-0.1, -0.05) is 6.92 Å². The van der Waals surface area contributed by atoms with Crippen molar-refractivity contribution in [1.29, 1.82) is 0 Å². The van der Waals surface area contributed by atoms with Crippen LogP contribution in [0.1, 0.15) is 13.3 Å². The fourth-order valence-corrected chi connectivity index (χ4v) is 3.44. The number of thioether (sulfide) groups is 1. The molecular formula is C14H20N6OS. The van der Waals surface area contributed by atoms with Crippen molar-refractivity contribution >= 4 is 29.1 Å². The van der Waals surface area contributed by atoms with Crippen LogP contribution in [-0.4, -0.2) is 68.1 Å². The summed E-state index contributed by atoms with van der Waals surface area (Å²) in [6.45, 7) is 5.11. The molecule has 118 valence electrons. The number of piperazine rings is 1. The van der Waals surface area contributed by atoms with Gasteiger partial charge in [-0.15, -0.1) is 0 Å². The predicted molar refractivity (Wildman–Crippen MR) is 87.2 cm³/mol. The van der Waals surface area contributed by atoms with Gasteiger partial charge >= 0.3 is 0 Å². The van der Waals surface area contributed by atoms with E-state index in [2.05, 4.69) is 26.9 Å². The first kappa shape index (κ1) is 15.1. The highest BCUT2D eigenvalue weighted by molar-refractivity contribution is 7.99. The van der Waals surface area contributed by atoms with Gasteiger partial charge in [0.15, 0.2) is 11.5 Å². The van der Waals surface area contributed by atoms with Gasteiger partial charge in [0.1, 0.15) is 6.33 Å². The first-order chi connectivity index (χ1) is 10.7. The number of hydrogen-bond donors (Lipinski definition) is 0. The highest BCUT2D eigenvalue weighted by Gasteiger charge is 2.26. The van der Waals surface area contributed by atoms with Gasteiger partial charge in [-0.2, -0.15) is 21.4 Å². The third-order valence-electron chi connectivity index (χ3n) is 4.02. The number of hydrogen-bond acceptors (Lipinski definition) is 6. The molecule has 1 amide bonds. The van der Waals surface area contributed by atoms with E-state index in [9.17, 15) is 4.79 Å². The minimum absolute atomic E-state index is 0.0759. The Balaban J connectivity index is 1.69. The topological polar surface area (TPSA) is 66.6 Å². The van der Waals surface area contributed by atoms with E-state index in [1.165, 1.54) is 6.33 Å². The molecule has 2 aromatic rings. The zero-order valence-electron chi connectivity index (χ0n) is 12.8. The second kappa shape index (κ2) is 6.51. The standard InChI is InChI=1S/C14H20N6OS/c1-3-11(22-2)14(21)19-6-4-18(5-7-19)13-9-15-8-12-16-10-17-20(12)13/h8-11H,3-7H2,1-2H3/t11-/m1/s1. The van der Waals surface area contributed by atoms with Crippen molar-refractivity contribution in [3.63, 3.8) is 0 Å². The van der Waals surface area contributed by atoms with Crippen molar-refractivity contribution < 1.29 is 4.79 Å².